The lowest BCUT2D eigenvalue weighted by atomic mass is 10.2. The van der Waals surface area contributed by atoms with E-state index in [-0.39, 0.29) is 0 Å². The van der Waals surface area contributed by atoms with Gasteiger partial charge in [0.1, 0.15) is 0 Å². The van der Waals surface area contributed by atoms with Crippen molar-refractivity contribution >= 4 is 26.3 Å². The van der Waals surface area contributed by atoms with Crippen molar-refractivity contribution in [3.8, 4) is 0 Å². The summed E-state index contributed by atoms with van der Waals surface area (Å²) in [5.74, 6) is 0.412. The first kappa shape index (κ1) is 13.3. The van der Waals surface area contributed by atoms with Crippen molar-refractivity contribution in [2.75, 3.05) is 5.88 Å². The van der Waals surface area contributed by atoms with E-state index in [1.54, 1.807) is 18.2 Å². The van der Waals surface area contributed by atoms with Crippen molar-refractivity contribution in [2.24, 2.45) is 0 Å². The third-order valence-electron chi connectivity index (χ3n) is 2.16. The predicted octanol–water partition coefficient (Wildman–Crippen LogP) is 2.71. The average molecular weight is 265 g/mol. The highest BCUT2D eigenvalue weighted by atomic mass is 35.5. The maximum absolute atomic E-state index is 12.6. The minimum Gasteiger partial charge on any atom is -0.166 e. The van der Waals surface area contributed by atoms with E-state index in [2.05, 4.69) is 0 Å². The van der Waals surface area contributed by atoms with Gasteiger partial charge in [0.15, 0.2) is 0 Å². The van der Waals surface area contributed by atoms with Crippen LogP contribution in [-0.4, -0.2) is 15.4 Å². The zero-order valence-electron chi connectivity index (χ0n) is 8.60. The molecule has 0 atom stereocenters. The van der Waals surface area contributed by atoms with Crippen LogP contribution in [0.25, 0.3) is 0 Å². The van der Waals surface area contributed by atoms with Gasteiger partial charge in [-0.2, -0.15) is 13.2 Å². The van der Waals surface area contributed by atoms with Gasteiger partial charge in [-0.05, 0) is 6.04 Å². The summed E-state index contributed by atoms with van der Waals surface area (Å²) in [5, 5.41) is 0.467. The molecule has 0 bridgehead atoms. The van der Waals surface area contributed by atoms with Crippen molar-refractivity contribution < 1.29 is 13.2 Å². The van der Waals surface area contributed by atoms with E-state index in [4.69, 9.17) is 11.6 Å². The second-order valence-electron chi connectivity index (χ2n) is 3.32. The quantitative estimate of drug-likeness (QED) is 0.446. The number of rotatable bonds is 4. The van der Waals surface area contributed by atoms with E-state index in [1.807, 2.05) is 6.08 Å². The van der Waals surface area contributed by atoms with Crippen molar-refractivity contribution in [2.45, 2.75) is 12.2 Å². The molecule has 0 saturated carbocycles. The van der Waals surface area contributed by atoms with E-state index in [1.165, 1.54) is 6.07 Å². The van der Waals surface area contributed by atoms with Gasteiger partial charge in [-0.25, -0.2) is 0 Å². The number of allylic oxidation sites excluding steroid dienone is 2. The predicted molar refractivity (Wildman–Crippen MR) is 64.3 cm³/mol. The minimum atomic E-state index is -4.24. The maximum Gasteiger partial charge on any atom is 0.416 e. The van der Waals surface area contributed by atoms with E-state index < -0.39 is 21.3 Å². The molecule has 16 heavy (non-hydrogen) atoms. The maximum atomic E-state index is 12.6. The summed E-state index contributed by atoms with van der Waals surface area (Å²) in [5.41, 5.74) is -0.485. The van der Waals surface area contributed by atoms with E-state index in [0.717, 1.165) is 6.07 Å². The number of halogens is 4. The zero-order chi connectivity index (χ0) is 12.0. The molecule has 0 heterocycles. The monoisotopic (exact) mass is 264 g/mol. The van der Waals surface area contributed by atoms with Crippen LogP contribution in [-0.2, 0) is 6.18 Å². The summed E-state index contributed by atoms with van der Waals surface area (Å²) in [6, 6.07) is 6.51. The van der Waals surface area contributed by atoms with Crippen molar-refractivity contribution in [1.29, 1.82) is 0 Å². The molecular formula is C11H12ClF3Si. The third-order valence-corrected chi connectivity index (χ3v) is 4.11. The molecule has 0 nitrogen and oxygen atoms in total. The molecule has 0 aliphatic rings. The normalized spacial score (nSPS) is 13.0. The highest BCUT2D eigenvalue weighted by molar-refractivity contribution is 6.54. The molecule has 0 aliphatic heterocycles. The molecule has 0 unspecified atom stereocenters. The molecule has 0 spiro atoms. The van der Waals surface area contributed by atoms with Crippen molar-refractivity contribution in [3.63, 3.8) is 0 Å². The molecule has 0 aromatic heterocycles. The smallest absolute Gasteiger partial charge is 0.166 e. The Morgan fingerprint density at radius 3 is 2.50 bits per heavy atom. The number of hydrogen-bond donors (Lipinski definition) is 0. The van der Waals surface area contributed by atoms with Crippen LogP contribution in [0.2, 0.25) is 6.04 Å². The molecule has 1 aromatic rings. The molecule has 0 N–H and O–H groups in total. The van der Waals surface area contributed by atoms with Crippen LogP contribution in [0.1, 0.15) is 5.56 Å². The Labute approximate surface area is 99.9 Å². The summed E-state index contributed by atoms with van der Waals surface area (Å²) >= 11 is 5.44. The topological polar surface area (TPSA) is 0 Å². The van der Waals surface area contributed by atoms with Gasteiger partial charge >= 0.3 is 6.18 Å². The Kier molecular flexibility index (Phi) is 5.08. The van der Waals surface area contributed by atoms with Crippen LogP contribution >= 0.6 is 11.6 Å². The molecule has 0 aliphatic carbocycles. The lowest BCUT2D eigenvalue weighted by Crippen LogP contribution is -2.24. The molecule has 88 valence electrons. The lowest BCUT2D eigenvalue weighted by Gasteiger charge is -2.11. The Hall–Kier alpha value is -0.743. The van der Waals surface area contributed by atoms with Crippen LogP contribution < -0.4 is 5.19 Å². The van der Waals surface area contributed by atoms with Gasteiger partial charge in [0.2, 0.25) is 0 Å². The molecule has 0 fully saturated rings. The van der Waals surface area contributed by atoms with E-state index in [0.29, 0.717) is 17.1 Å². The molecular weight excluding hydrogens is 253 g/mol. The van der Waals surface area contributed by atoms with Gasteiger partial charge in [0.05, 0.1) is 15.1 Å². The van der Waals surface area contributed by atoms with Crippen LogP contribution in [0.15, 0.2) is 36.4 Å². The van der Waals surface area contributed by atoms with E-state index in [9.17, 15) is 13.2 Å². The summed E-state index contributed by atoms with van der Waals surface area (Å²) in [6.45, 7) is 0. The Morgan fingerprint density at radius 2 is 1.88 bits per heavy atom. The molecule has 0 saturated heterocycles. The fourth-order valence-corrected chi connectivity index (χ4v) is 3.16. The highest BCUT2D eigenvalue weighted by Crippen LogP contribution is 2.27. The second-order valence-corrected chi connectivity index (χ2v) is 5.47. The van der Waals surface area contributed by atoms with Crippen molar-refractivity contribution in [3.05, 3.63) is 42.0 Å². The number of benzene rings is 1. The van der Waals surface area contributed by atoms with Crippen LogP contribution in [0.3, 0.4) is 0 Å². The Bertz CT molecular complexity index is 360. The lowest BCUT2D eigenvalue weighted by molar-refractivity contribution is -0.136. The third kappa shape index (κ3) is 4.02. The highest BCUT2D eigenvalue weighted by Gasteiger charge is 2.32. The fourth-order valence-electron chi connectivity index (χ4n) is 1.43. The van der Waals surface area contributed by atoms with Crippen molar-refractivity contribution in [1.82, 2.24) is 0 Å². The minimum absolute atomic E-state index is 0.412. The first-order valence-electron chi connectivity index (χ1n) is 4.91. The largest absolute Gasteiger partial charge is 0.416 e. The number of alkyl halides is 4. The van der Waals surface area contributed by atoms with Crippen LogP contribution in [0, 0.1) is 0 Å². The second kappa shape index (κ2) is 6.11. The SMILES string of the molecule is FC(F)(F)c1ccccc1[SiH2]CC=CCCl. The molecule has 5 heteroatoms. The first-order valence-corrected chi connectivity index (χ1v) is 7.16. The summed E-state index contributed by atoms with van der Waals surface area (Å²) in [6.07, 6.45) is -0.614. The summed E-state index contributed by atoms with van der Waals surface area (Å²) < 4.78 is 37.8. The molecule has 1 aromatic carbocycles. The van der Waals surface area contributed by atoms with Crippen LogP contribution in [0.5, 0.6) is 0 Å². The van der Waals surface area contributed by atoms with Gasteiger partial charge in [-0.15, -0.1) is 11.6 Å². The number of hydrogen-bond acceptors (Lipinski definition) is 0. The van der Waals surface area contributed by atoms with Gasteiger partial charge in [0.25, 0.3) is 0 Å². The fraction of sp³-hybridized carbons (Fsp3) is 0.273. The Balaban J connectivity index is 2.76. The molecule has 0 radical (unpaired) electrons. The summed E-state index contributed by atoms with van der Waals surface area (Å²) in [7, 11) is -0.906. The average Bonchev–Trinajstić information content (AvgIpc) is 2.24. The molecule has 0 amide bonds. The Morgan fingerprint density at radius 1 is 1.19 bits per heavy atom. The first-order chi connectivity index (χ1) is 7.55. The van der Waals surface area contributed by atoms with Gasteiger partial charge in [-0.3, -0.25) is 0 Å². The molecule has 1 rings (SSSR count). The van der Waals surface area contributed by atoms with Gasteiger partial charge < -0.3 is 0 Å². The summed E-state index contributed by atoms with van der Waals surface area (Å²) in [4.78, 5) is 0. The van der Waals surface area contributed by atoms with Gasteiger partial charge in [0, 0.05) is 5.88 Å². The van der Waals surface area contributed by atoms with E-state index >= 15 is 0 Å². The zero-order valence-corrected chi connectivity index (χ0v) is 10.8. The van der Waals surface area contributed by atoms with Crippen LogP contribution in [0.4, 0.5) is 13.2 Å². The standard InChI is InChI=1S/C11H12ClF3Si/c12-7-3-4-8-16-10-6-2-1-5-9(10)11(13,14)15/h1-6H,7-8,16H2. The van der Waals surface area contributed by atoms with Gasteiger partial charge in [-0.1, -0.05) is 41.6 Å².